The molecule has 0 aromatic heterocycles. The van der Waals surface area contributed by atoms with Crippen LogP contribution in [0.1, 0.15) is 27.7 Å². The molecule has 38 heavy (non-hydrogen) atoms. The van der Waals surface area contributed by atoms with Crippen molar-refractivity contribution in [2.45, 2.75) is 48.7 Å². The van der Waals surface area contributed by atoms with E-state index in [1.54, 1.807) is 0 Å². The molecule has 0 spiro atoms. The van der Waals surface area contributed by atoms with E-state index < -0.39 is 0 Å². The topological polar surface area (TPSA) is 18.5 Å². The number of benzene rings is 5. The lowest BCUT2D eigenvalue weighted by atomic mass is 9.78. The first kappa shape index (κ1) is 23.8. The zero-order chi connectivity index (χ0) is 26.1. The Balaban J connectivity index is 1.30. The SMILES string of the molecule is CC1(C)OB(c2cccc(-c3cccc(-c4ccc5c6c(cccc46)Sc4ccccc4-5)c3)c2)OC1(C)C. The van der Waals surface area contributed by atoms with E-state index in [1.807, 2.05) is 11.8 Å². The van der Waals surface area contributed by atoms with E-state index in [9.17, 15) is 0 Å². The van der Waals surface area contributed by atoms with Crippen LogP contribution in [0.15, 0.2) is 113 Å². The van der Waals surface area contributed by atoms with Gasteiger partial charge in [0, 0.05) is 15.2 Å². The van der Waals surface area contributed by atoms with Crippen molar-refractivity contribution in [2.24, 2.45) is 0 Å². The summed E-state index contributed by atoms with van der Waals surface area (Å²) in [6.45, 7) is 8.38. The predicted molar refractivity (Wildman–Crippen MR) is 160 cm³/mol. The Morgan fingerprint density at radius 2 is 1.18 bits per heavy atom. The summed E-state index contributed by atoms with van der Waals surface area (Å²) in [5.41, 5.74) is 7.78. The molecule has 0 saturated carbocycles. The molecular formula is C34H29BO2S. The van der Waals surface area contributed by atoms with Gasteiger partial charge in [-0.3, -0.25) is 0 Å². The third-order valence-electron chi connectivity index (χ3n) is 8.32. The molecule has 2 nitrogen and oxygen atoms in total. The third-order valence-corrected chi connectivity index (χ3v) is 9.45. The molecule has 4 heteroatoms. The van der Waals surface area contributed by atoms with Crippen LogP contribution in [0.4, 0.5) is 0 Å². The molecule has 5 aromatic carbocycles. The van der Waals surface area contributed by atoms with Crippen LogP contribution in [-0.4, -0.2) is 18.3 Å². The van der Waals surface area contributed by atoms with Crippen molar-refractivity contribution >= 4 is 35.1 Å². The first-order valence-electron chi connectivity index (χ1n) is 13.2. The van der Waals surface area contributed by atoms with E-state index in [1.165, 1.54) is 48.4 Å². The highest BCUT2D eigenvalue weighted by molar-refractivity contribution is 7.99. The van der Waals surface area contributed by atoms with Crippen LogP contribution in [0.25, 0.3) is 44.2 Å². The minimum absolute atomic E-state index is 0.360. The summed E-state index contributed by atoms with van der Waals surface area (Å²) in [7, 11) is -0.371. The molecule has 0 bridgehead atoms. The minimum atomic E-state index is -0.371. The summed E-state index contributed by atoms with van der Waals surface area (Å²) in [4.78, 5) is 2.65. The molecule has 0 unspecified atom stereocenters. The minimum Gasteiger partial charge on any atom is -0.399 e. The largest absolute Gasteiger partial charge is 0.494 e. The van der Waals surface area contributed by atoms with Crippen LogP contribution in [0.5, 0.6) is 0 Å². The summed E-state index contributed by atoms with van der Waals surface area (Å²) in [5, 5.41) is 2.65. The fourth-order valence-electron chi connectivity index (χ4n) is 5.54. The average molecular weight is 512 g/mol. The van der Waals surface area contributed by atoms with E-state index in [0.29, 0.717) is 0 Å². The molecule has 5 aromatic rings. The molecule has 2 heterocycles. The molecule has 186 valence electrons. The predicted octanol–water partition coefficient (Wildman–Crippen LogP) is 8.60. The molecule has 0 amide bonds. The maximum absolute atomic E-state index is 6.32. The fourth-order valence-corrected chi connectivity index (χ4v) is 6.68. The smallest absolute Gasteiger partial charge is 0.399 e. The van der Waals surface area contributed by atoms with Crippen LogP contribution in [-0.2, 0) is 9.31 Å². The van der Waals surface area contributed by atoms with Gasteiger partial charge in [-0.15, -0.1) is 0 Å². The number of hydrogen-bond acceptors (Lipinski definition) is 3. The Morgan fingerprint density at radius 3 is 2.00 bits per heavy atom. The average Bonchev–Trinajstić information content (AvgIpc) is 3.15. The highest BCUT2D eigenvalue weighted by Gasteiger charge is 2.51. The van der Waals surface area contributed by atoms with Gasteiger partial charge >= 0.3 is 7.12 Å². The molecule has 2 aliphatic heterocycles. The van der Waals surface area contributed by atoms with Crippen LogP contribution in [0.3, 0.4) is 0 Å². The van der Waals surface area contributed by atoms with Crippen molar-refractivity contribution in [3.8, 4) is 33.4 Å². The van der Waals surface area contributed by atoms with Gasteiger partial charge in [0.2, 0.25) is 0 Å². The maximum atomic E-state index is 6.32. The highest BCUT2D eigenvalue weighted by atomic mass is 32.2. The Kier molecular flexibility index (Phi) is 5.39. The Morgan fingerprint density at radius 1 is 0.553 bits per heavy atom. The molecule has 1 saturated heterocycles. The standard InChI is InChI=1S/C34H29BO2S/c1-33(2)34(3,4)37-35(36-33)25-13-8-11-23(21-25)22-10-7-12-24(20-22)26-18-19-29-27-14-5-6-16-30(27)38-31-17-9-15-28(26)32(29)31/h5-21H,1-4H3. The maximum Gasteiger partial charge on any atom is 0.494 e. The van der Waals surface area contributed by atoms with E-state index >= 15 is 0 Å². The van der Waals surface area contributed by atoms with Gasteiger partial charge in [-0.1, -0.05) is 96.7 Å². The first-order chi connectivity index (χ1) is 18.3. The molecule has 0 radical (unpaired) electrons. The Labute approximate surface area is 229 Å². The van der Waals surface area contributed by atoms with Gasteiger partial charge in [0.05, 0.1) is 11.2 Å². The van der Waals surface area contributed by atoms with Gasteiger partial charge in [0.25, 0.3) is 0 Å². The second kappa shape index (κ2) is 8.61. The van der Waals surface area contributed by atoms with Gasteiger partial charge in [0.1, 0.15) is 0 Å². The molecule has 0 N–H and O–H groups in total. The summed E-state index contributed by atoms with van der Waals surface area (Å²) in [6, 6.07) is 37.4. The van der Waals surface area contributed by atoms with Crippen molar-refractivity contribution in [2.75, 3.05) is 0 Å². The highest BCUT2D eigenvalue weighted by Crippen LogP contribution is 2.49. The summed E-state index contributed by atoms with van der Waals surface area (Å²) in [5.74, 6) is 0. The first-order valence-corrected chi connectivity index (χ1v) is 14.0. The van der Waals surface area contributed by atoms with Crippen LogP contribution in [0.2, 0.25) is 0 Å². The van der Waals surface area contributed by atoms with Crippen molar-refractivity contribution in [1.82, 2.24) is 0 Å². The monoisotopic (exact) mass is 512 g/mol. The van der Waals surface area contributed by atoms with Crippen molar-refractivity contribution in [3.63, 3.8) is 0 Å². The second-order valence-electron chi connectivity index (χ2n) is 11.2. The zero-order valence-corrected chi connectivity index (χ0v) is 22.9. The second-order valence-corrected chi connectivity index (χ2v) is 12.3. The quantitative estimate of drug-likeness (QED) is 0.221. The lowest BCUT2D eigenvalue weighted by Crippen LogP contribution is -2.41. The molecule has 7 rings (SSSR count). The van der Waals surface area contributed by atoms with Crippen molar-refractivity contribution in [3.05, 3.63) is 103 Å². The van der Waals surface area contributed by atoms with E-state index in [0.717, 1.165) is 11.0 Å². The van der Waals surface area contributed by atoms with Gasteiger partial charge in [-0.05, 0) is 90.1 Å². The number of rotatable bonds is 3. The van der Waals surface area contributed by atoms with Crippen LogP contribution < -0.4 is 5.46 Å². The summed E-state index contributed by atoms with van der Waals surface area (Å²) in [6.07, 6.45) is 0. The van der Waals surface area contributed by atoms with Crippen LogP contribution >= 0.6 is 11.8 Å². The van der Waals surface area contributed by atoms with E-state index in [4.69, 9.17) is 9.31 Å². The summed E-state index contributed by atoms with van der Waals surface area (Å²) < 4.78 is 12.6. The molecule has 0 aliphatic carbocycles. The molecular weight excluding hydrogens is 483 g/mol. The van der Waals surface area contributed by atoms with Crippen LogP contribution in [0, 0.1) is 0 Å². The lowest BCUT2D eigenvalue weighted by molar-refractivity contribution is 0.00578. The summed E-state index contributed by atoms with van der Waals surface area (Å²) >= 11 is 1.87. The van der Waals surface area contributed by atoms with Gasteiger partial charge in [-0.25, -0.2) is 0 Å². The van der Waals surface area contributed by atoms with E-state index in [-0.39, 0.29) is 18.3 Å². The van der Waals surface area contributed by atoms with Crippen molar-refractivity contribution < 1.29 is 9.31 Å². The zero-order valence-electron chi connectivity index (χ0n) is 22.1. The number of hydrogen-bond donors (Lipinski definition) is 0. The number of fused-ring (bicyclic) bond motifs is 2. The molecule has 2 aliphatic rings. The lowest BCUT2D eigenvalue weighted by Gasteiger charge is -2.32. The van der Waals surface area contributed by atoms with Gasteiger partial charge < -0.3 is 9.31 Å². The molecule has 1 fully saturated rings. The van der Waals surface area contributed by atoms with Gasteiger partial charge in [0.15, 0.2) is 0 Å². The molecule has 0 atom stereocenters. The Bertz CT molecular complexity index is 1710. The Hall–Kier alpha value is -3.31. The van der Waals surface area contributed by atoms with E-state index in [2.05, 4.69) is 131 Å². The third kappa shape index (κ3) is 3.74. The van der Waals surface area contributed by atoms with Crippen molar-refractivity contribution in [1.29, 1.82) is 0 Å². The fraction of sp³-hybridized carbons (Fsp3) is 0.176. The van der Waals surface area contributed by atoms with Gasteiger partial charge in [-0.2, -0.15) is 0 Å². The normalized spacial score (nSPS) is 17.0.